The molecule has 1 fully saturated rings. The number of sulfonamides is 1. The quantitative estimate of drug-likeness (QED) is 0.774. The van der Waals surface area contributed by atoms with Crippen LogP contribution in [0.15, 0.2) is 23.1 Å². The standard InChI is InChI=1S/C18H24N2O5S/c21-17(20-11-3-6-16(20)18(22)23)9-10-19-26(24,25)15-8-7-13-4-1-2-5-14(13)12-15/h7-8,12,16,19H,1-6,9-11H2,(H,22,23). The predicted molar refractivity (Wildman–Crippen MR) is 95.3 cm³/mol. The maximum atomic E-state index is 12.5. The van der Waals surface area contributed by atoms with Crippen LogP contribution in [0.1, 0.15) is 43.2 Å². The van der Waals surface area contributed by atoms with Crippen LogP contribution < -0.4 is 4.72 Å². The zero-order chi connectivity index (χ0) is 18.7. The van der Waals surface area contributed by atoms with E-state index in [2.05, 4.69) is 4.72 Å². The summed E-state index contributed by atoms with van der Waals surface area (Å²) >= 11 is 0. The molecule has 1 aliphatic heterocycles. The molecule has 1 saturated heterocycles. The van der Waals surface area contributed by atoms with Gasteiger partial charge in [0, 0.05) is 19.5 Å². The minimum atomic E-state index is -3.68. The van der Waals surface area contributed by atoms with E-state index in [0.717, 1.165) is 31.2 Å². The summed E-state index contributed by atoms with van der Waals surface area (Å²) in [6.45, 7) is 0.370. The van der Waals surface area contributed by atoms with Crippen molar-refractivity contribution >= 4 is 21.9 Å². The number of hydrogen-bond donors (Lipinski definition) is 2. The lowest BCUT2D eigenvalue weighted by atomic mass is 9.92. The van der Waals surface area contributed by atoms with Gasteiger partial charge in [-0.15, -0.1) is 0 Å². The number of aliphatic carboxylic acids is 1. The van der Waals surface area contributed by atoms with Crippen molar-refractivity contribution < 1.29 is 23.1 Å². The van der Waals surface area contributed by atoms with Gasteiger partial charge in [-0.2, -0.15) is 0 Å². The first-order valence-electron chi connectivity index (χ1n) is 9.02. The highest BCUT2D eigenvalue weighted by atomic mass is 32.2. The van der Waals surface area contributed by atoms with Gasteiger partial charge in [0.25, 0.3) is 0 Å². The number of nitrogens with zero attached hydrogens (tertiary/aromatic N) is 1. The number of carboxylic acid groups (broad SMARTS) is 1. The van der Waals surface area contributed by atoms with Crippen molar-refractivity contribution in [2.75, 3.05) is 13.1 Å². The highest BCUT2D eigenvalue weighted by Gasteiger charge is 2.33. The van der Waals surface area contributed by atoms with Gasteiger partial charge < -0.3 is 10.0 Å². The number of carboxylic acids is 1. The summed E-state index contributed by atoms with van der Waals surface area (Å²) in [5, 5.41) is 9.13. The van der Waals surface area contributed by atoms with E-state index in [0.29, 0.717) is 19.4 Å². The molecular formula is C18H24N2O5S. The number of aryl methyl sites for hydroxylation is 2. The van der Waals surface area contributed by atoms with Crippen LogP contribution in [-0.2, 0) is 32.5 Å². The maximum Gasteiger partial charge on any atom is 0.326 e. The zero-order valence-corrected chi connectivity index (χ0v) is 15.4. The van der Waals surface area contributed by atoms with Gasteiger partial charge >= 0.3 is 5.97 Å². The molecule has 2 aliphatic rings. The van der Waals surface area contributed by atoms with E-state index in [-0.39, 0.29) is 23.8 Å². The van der Waals surface area contributed by atoms with Crippen LogP contribution in [-0.4, -0.2) is 49.4 Å². The van der Waals surface area contributed by atoms with Gasteiger partial charge in [0.05, 0.1) is 4.90 Å². The predicted octanol–water partition coefficient (Wildman–Crippen LogP) is 1.31. The van der Waals surface area contributed by atoms with Crippen molar-refractivity contribution in [2.24, 2.45) is 0 Å². The summed E-state index contributed by atoms with van der Waals surface area (Å²) in [6.07, 6.45) is 5.13. The van der Waals surface area contributed by atoms with E-state index >= 15 is 0 Å². The van der Waals surface area contributed by atoms with Crippen LogP contribution in [0, 0.1) is 0 Å². The van der Waals surface area contributed by atoms with E-state index in [4.69, 9.17) is 5.11 Å². The Kier molecular flexibility index (Phi) is 5.62. The van der Waals surface area contributed by atoms with Crippen LogP contribution >= 0.6 is 0 Å². The largest absolute Gasteiger partial charge is 0.480 e. The molecule has 8 heteroatoms. The lowest BCUT2D eigenvalue weighted by molar-refractivity contribution is -0.148. The van der Waals surface area contributed by atoms with E-state index < -0.39 is 22.0 Å². The number of fused-ring (bicyclic) bond motifs is 1. The number of carbonyl (C=O) groups is 2. The molecule has 1 amide bonds. The molecule has 26 heavy (non-hydrogen) atoms. The Hall–Kier alpha value is -1.93. The average molecular weight is 380 g/mol. The second-order valence-electron chi connectivity index (χ2n) is 6.87. The number of likely N-dealkylation sites (tertiary alicyclic amines) is 1. The molecule has 1 aromatic carbocycles. The number of carbonyl (C=O) groups excluding carboxylic acids is 1. The first-order chi connectivity index (χ1) is 12.4. The molecule has 1 unspecified atom stereocenters. The molecule has 1 aromatic rings. The lowest BCUT2D eigenvalue weighted by Crippen LogP contribution is -2.41. The fourth-order valence-electron chi connectivity index (χ4n) is 3.72. The Balaban J connectivity index is 1.58. The third kappa shape index (κ3) is 4.07. The van der Waals surface area contributed by atoms with E-state index in [1.54, 1.807) is 12.1 Å². The molecule has 0 aromatic heterocycles. The van der Waals surface area contributed by atoms with Crippen LogP contribution in [0.25, 0.3) is 0 Å². The summed E-state index contributed by atoms with van der Waals surface area (Å²) < 4.78 is 27.4. The first-order valence-corrected chi connectivity index (χ1v) is 10.5. The molecule has 2 N–H and O–H groups in total. The van der Waals surface area contributed by atoms with Gasteiger partial charge in [0.2, 0.25) is 15.9 Å². The van der Waals surface area contributed by atoms with Crippen molar-refractivity contribution in [3.63, 3.8) is 0 Å². The summed E-state index contributed by atoms with van der Waals surface area (Å²) in [7, 11) is -3.68. The minimum Gasteiger partial charge on any atom is -0.480 e. The molecule has 1 atom stereocenters. The maximum absolute atomic E-state index is 12.5. The topological polar surface area (TPSA) is 104 Å². The smallest absolute Gasteiger partial charge is 0.326 e. The Morgan fingerprint density at radius 2 is 1.88 bits per heavy atom. The number of hydrogen-bond acceptors (Lipinski definition) is 4. The van der Waals surface area contributed by atoms with Crippen molar-refractivity contribution in [1.82, 2.24) is 9.62 Å². The molecular weight excluding hydrogens is 356 g/mol. The lowest BCUT2D eigenvalue weighted by Gasteiger charge is -2.21. The first kappa shape index (κ1) is 18.8. The van der Waals surface area contributed by atoms with Crippen LogP contribution in [0.5, 0.6) is 0 Å². The third-order valence-electron chi connectivity index (χ3n) is 5.12. The molecule has 0 bridgehead atoms. The highest BCUT2D eigenvalue weighted by molar-refractivity contribution is 7.89. The molecule has 1 heterocycles. The van der Waals surface area contributed by atoms with E-state index in [1.807, 2.05) is 6.07 Å². The zero-order valence-electron chi connectivity index (χ0n) is 14.6. The van der Waals surface area contributed by atoms with E-state index in [9.17, 15) is 18.0 Å². The van der Waals surface area contributed by atoms with Gasteiger partial charge in [0.1, 0.15) is 6.04 Å². The number of rotatable bonds is 6. The average Bonchev–Trinajstić information content (AvgIpc) is 3.11. The summed E-state index contributed by atoms with van der Waals surface area (Å²) in [6, 6.07) is 4.41. The summed E-state index contributed by atoms with van der Waals surface area (Å²) in [4.78, 5) is 24.9. The fraction of sp³-hybridized carbons (Fsp3) is 0.556. The van der Waals surface area contributed by atoms with Gasteiger partial charge in [-0.25, -0.2) is 17.9 Å². The third-order valence-corrected chi connectivity index (χ3v) is 6.58. The van der Waals surface area contributed by atoms with Crippen molar-refractivity contribution in [3.05, 3.63) is 29.3 Å². The number of amides is 1. The van der Waals surface area contributed by atoms with Crippen molar-refractivity contribution in [3.8, 4) is 0 Å². The van der Waals surface area contributed by atoms with Gasteiger partial charge in [-0.3, -0.25) is 4.79 Å². The minimum absolute atomic E-state index is 0.0406. The van der Waals surface area contributed by atoms with Gasteiger partial charge in [-0.05, 0) is 61.8 Å². The highest BCUT2D eigenvalue weighted by Crippen LogP contribution is 2.24. The molecule has 0 radical (unpaired) electrons. The van der Waals surface area contributed by atoms with E-state index in [1.165, 1.54) is 10.5 Å². The molecule has 142 valence electrons. The second-order valence-corrected chi connectivity index (χ2v) is 8.64. The normalized spacial score (nSPS) is 20.0. The summed E-state index contributed by atoms with van der Waals surface area (Å²) in [5.74, 6) is -1.34. The SMILES string of the molecule is O=C(O)C1CCCN1C(=O)CCNS(=O)(=O)c1ccc2c(c1)CCCC2. The Morgan fingerprint density at radius 3 is 2.62 bits per heavy atom. The Bertz CT molecular complexity index is 806. The monoisotopic (exact) mass is 380 g/mol. The van der Waals surface area contributed by atoms with Gasteiger partial charge in [-0.1, -0.05) is 6.07 Å². The second kappa shape index (κ2) is 7.75. The van der Waals surface area contributed by atoms with Gasteiger partial charge in [0.15, 0.2) is 0 Å². The summed E-state index contributed by atoms with van der Waals surface area (Å²) in [5.41, 5.74) is 2.29. The molecule has 0 spiro atoms. The number of benzene rings is 1. The molecule has 0 saturated carbocycles. The van der Waals surface area contributed by atoms with Crippen LogP contribution in [0.2, 0.25) is 0 Å². The van der Waals surface area contributed by atoms with Crippen LogP contribution in [0.3, 0.4) is 0 Å². The molecule has 3 rings (SSSR count). The van der Waals surface area contributed by atoms with Crippen LogP contribution in [0.4, 0.5) is 0 Å². The number of nitrogens with one attached hydrogen (secondary N) is 1. The van der Waals surface area contributed by atoms with Crippen molar-refractivity contribution in [1.29, 1.82) is 0 Å². The van der Waals surface area contributed by atoms with Crippen molar-refractivity contribution in [2.45, 2.75) is 55.9 Å². The Morgan fingerprint density at radius 1 is 1.15 bits per heavy atom. The molecule has 7 nitrogen and oxygen atoms in total. The Labute approximate surface area is 153 Å². The fourth-order valence-corrected chi connectivity index (χ4v) is 4.80. The molecule has 1 aliphatic carbocycles.